The SMILES string of the molecule is CCOCc1ccccc1CNC(=O)N[C@H]1CCCc2c1cnn2C. The molecular formula is C19H26N4O2. The van der Waals surface area contributed by atoms with E-state index >= 15 is 0 Å². The van der Waals surface area contributed by atoms with E-state index in [1.807, 2.05) is 49.1 Å². The van der Waals surface area contributed by atoms with Crippen LogP contribution in [0.2, 0.25) is 0 Å². The highest BCUT2D eigenvalue weighted by Crippen LogP contribution is 2.28. The minimum absolute atomic E-state index is 0.0381. The Labute approximate surface area is 148 Å². The number of benzene rings is 1. The van der Waals surface area contributed by atoms with Crippen molar-refractivity contribution in [1.29, 1.82) is 0 Å². The van der Waals surface area contributed by atoms with Crippen molar-refractivity contribution in [3.8, 4) is 0 Å². The third-order valence-corrected chi connectivity index (χ3v) is 4.70. The monoisotopic (exact) mass is 342 g/mol. The van der Waals surface area contributed by atoms with Gasteiger partial charge in [-0.25, -0.2) is 4.79 Å². The number of carbonyl (C=O) groups is 1. The zero-order chi connectivity index (χ0) is 17.6. The van der Waals surface area contributed by atoms with E-state index in [0.717, 1.165) is 36.0 Å². The Hall–Kier alpha value is -2.34. The van der Waals surface area contributed by atoms with Crippen LogP contribution in [0.5, 0.6) is 0 Å². The summed E-state index contributed by atoms with van der Waals surface area (Å²) in [5, 5.41) is 10.4. The lowest BCUT2D eigenvalue weighted by molar-refractivity contribution is 0.133. The van der Waals surface area contributed by atoms with E-state index in [9.17, 15) is 4.79 Å². The molecule has 0 aliphatic heterocycles. The van der Waals surface area contributed by atoms with Crippen LogP contribution in [0, 0.1) is 0 Å². The molecule has 2 aromatic rings. The molecule has 1 aliphatic rings. The normalized spacial score (nSPS) is 16.3. The Morgan fingerprint density at radius 1 is 1.36 bits per heavy atom. The summed E-state index contributed by atoms with van der Waals surface area (Å²) < 4.78 is 7.40. The number of hydrogen-bond donors (Lipinski definition) is 2. The predicted octanol–water partition coefficient (Wildman–Crippen LogP) is 2.83. The van der Waals surface area contributed by atoms with Gasteiger partial charge in [-0.3, -0.25) is 4.68 Å². The van der Waals surface area contributed by atoms with Gasteiger partial charge in [0, 0.05) is 31.5 Å². The average molecular weight is 342 g/mol. The number of urea groups is 1. The quantitative estimate of drug-likeness (QED) is 0.848. The lowest BCUT2D eigenvalue weighted by atomic mass is 9.93. The van der Waals surface area contributed by atoms with Gasteiger partial charge in [-0.15, -0.1) is 0 Å². The fourth-order valence-corrected chi connectivity index (χ4v) is 3.32. The van der Waals surface area contributed by atoms with Gasteiger partial charge in [-0.2, -0.15) is 5.10 Å². The number of amides is 2. The number of hydrogen-bond acceptors (Lipinski definition) is 3. The van der Waals surface area contributed by atoms with Gasteiger partial charge < -0.3 is 15.4 Å². The summed E-state index contributed by atoms with van der Waals surface area (Å²) >= 11 is 0. The van der Waals surface area contributed by atoms with E-state index in [-0.39, 0.29) is 12.1 Å². The molecule has 0 fully saturated rings. The largest absolute Gasteiger partial charge is 0.377 e. The van der Waals surface area contributed by atoms with Crippen molar-refractivity contribution in [2.45, 2.75) is 45.4 Å². The molecule has 6 heteroatoms. The molecule has 1 heterocycles. The minimum atomic E-state index is -0.145. The first-order valence-corrected chi connectivity index (χ1v) is 8.88. The number of rotatable bonds is 6. The van der Waals surface area contributed by atoms with Crippen LogP contribution in [0.3, 0.4) is 0 Å². The molecule has 0 saturated carbocycles. The second-order valence-electron chi connectivity index (χ2n) is 6.35. The molecule has 0 unspecified atom stereocenters. The summed E-state index contributed by atoms with van der Waals surface area (Å²) in [4.78, 5) is 12.3. The minimum Gasteiger partial charge on any atom is -0.377 e. The Balaban J connectivity index is 1.57. The Kier molecular flexibility index (Phi) is 5.71. The third kappa shape index (κ3) is 4.20. The van der Waals surface area contributed by atoms with Crippen molar-refractivity contribution in [3.05, 3.63) is 52.8 Å². The van der Waals surface area contributed by atoms with E-state index < -0.39 is 0 Å². The number of nitrogens with one attached hydrogen (secondary N) is 2. The van der Waals surface area contributed by atoms with Gasteiger partial charge in [-0.05, 0) is 37.3 Å². The summed E-state index contributed by atoms with van der Waals surface area (Å²) in [6, 6.07) is 7.92. The first-order valence-electron chi connectivity index (χ1n) is 8.88. The third-order valence-electron chi connectivity index (χ3n) is 4.70. The van der Waals surface area contributed by atoms with E-state index in [4.69, 9.17) is 4.74 Å². The molecular weight excluding hydrogens is 316 g/mol. The fourth-order valence-electron chi connectivity index (χ4n) is 3.32. The Morgan fingerprint density at radius 3 is 2.96 bits per heavy atom. The van der Waals surface area contributed by atoms with E-state index in [2.05, 4.69) is 15.7 Å². The standard InChI is InChI=1S/C19H26N4O2/c1-3-25-13-15-8-5-4-7-14(15)11-20-19(24)22-17-9-6-10-18-16(17)12-21-23(18)2/h4-5,7-8,12,17H,3,6,9-11,13H2,1-2H3,(H2,20,22,24)/t17-/m0/s1. The molecule has 1 aromatic carbocycles. The lowest BCUT2D eigenvalue weighted by Gasteiger charge is -2.24. The molecule has 1 atom stereocenters. The van der Waals surface area contributed by atoms with Gasteiger partial charge >= 0.3 is 6.03 Å². The summed E-state index contributed by atoms with van der Waals surface area (Å²) in [5.74, 6) is 0. The number of fused-ring (bicyclic) bond motifs is 1. The smallest absolute Gasteiger partial charge is 0.315 e. The molecule has 3 rings (SSSR count). The van der Waals surface area contributed by atoms with Gasteiger partial charge in [0.05, 0.1) is 18.8 Å². The number of ether oxygens (including phenoxy) is 1. The van der Waals surface area contributed by atoms with Gasteiger partial charge in [0.15, 0.2) is 0 Å². The van der Waals surface area contributed by atoms with Crippen molar-refractivity contribution < 1.29 is 9.53 Å². The number of aryl methyl sites for hydroxylation is 1. The maximum absolute atomic E-state index is 12.3. The van der Waals surface area contributed by atoms with Crippen LogP contribution in [-0.4, -0.2) is 22.4 Å². The van der Waals surface area contributed by atoms with Gasteiger partial charge in [-0.1, -0.05) is 24.3 Å². The van der Waals surface area contributed by atoms with Crippen LogP contribution < -0.4 is 10.6 Å². The van der Waals surface area contributed by atoms with Crippen LogP contribution in [-0.2, 0) is 31.4 Å². The molecule has 2 N–H and O–H groups in total. The molecule has 1 aliphatic carbocycles. The molecule has 0 radical (unpaired) electrons. The van der Waals surface area contributed by atoms with Crippen molar-refractivity contribution in [2.75, 3.05) is 6.61 Å². The second-order valence-corrected chi connectivity index (χ2v) is 6.35. The number of aromatic nitrogens is 2. The molecule has 6 nitrogen and oxygen atoms in total. The van der Waals surface area contributed by atoms with E-state index in [1.165, 1.54) is 5.69 Å². The summed E-state index contributed by atoms with van der Waals surface area (Å²) in [7, 11) is 1.95. The Morgan fingerprint density at radius 2 is 2.16 bits per heavy atom. The van der Waals surface area contributed by atoms with Gasteiger partial charge in [0.25, 0.3) is 0 Å². The van der Waals surface area contributed by atoms with Crippen molar-refractivity contribution in [1.82, 2.24) is 20.4 Å². The predicted molar refractivity (Wildman–Crippen MR) is 96.0 cm³/mol. The van der Waals surface area contributed by atoms with Crippen molar-refractivity contribution in [3.63, 3.8) is 0 Å². The summed E-state index contributed by atoms with van der Waals surface area (Å²) in [6.07, 6.45) is 4.91. The highest BCUT2D eigenvalue weighted by atomic mass is 16.5. The molecule has 0 spiro atoms. The van der Waals surface area contributed by atoms with Gasteiger partial charge in [0.1, 0.15) is 0 Å². The van der Waals surface area contributed by atoms with Crippen LogP contribution in [0.25, 0.3) is 0 Å². The summed E-state index contributed by atoms with van der Waals surface area (Å²) in [5.41, 5.74) is 4.55. The Bertz CT molecular complexity index is 726. The maximum atomic E-state index is 12.3. The zero-order valence-electron chi connectivity index (χ0n) is 14.9. The first-order chi connectivity index (χ1) is 12.2. The molecule has 25 heavy (non-hydrogen) atoms. The van der Waals surface area contributed by atoms with Crippen LogP contribution in [0.4, 0.5) is 4.79 Å². The van der Waals surface area contributed by atoms with Crippen LogP contribution >= 0.6 is 0 Å². The van der Waals surface area contributed by atoms with Crippen molar-refractivity contribution >= 4 is 6.03 Å². The first kappa shape index (κ1) is 17.5. The molecule has 0 bridgehead atoms. The molecule has 1 aromatic heterocycles. The van der Waals surface area contributed by atoms with Gasteiger partial charge in [0.2, 0.25) is 0 Å². The topological polar surface area (TPSA) is 68.2 Å². The highest BCUT2D eigenvalue weighted by molar-refractivity contribution is 5.74. The summed E-state index contributed by atoms with van der Waals surface area (Å²) in [6.45, 7) is 3.71. The van der Waals surface area contributed by atoms with E-state index in [1.54, 1.807) is 0 Å². The number of carbonyl (C=O) groups excluding carboxylic acids is 1. The molecule has 0 saturated heterocycles. The van der Waals surface area contributed by atoms with Crippen LogP contribution in [0.1, 0.15) is 48.2 Å². The maximum Gasteiger partial charge on any atom is 0.315 e. The second kappa shape index (κ2) is 8.16. The van der Waals surface area contributed by atoms with Crippen LogP contribution in [0.15, 0.2) is 30.5 Å². The zero-order valence-corrected chi connectivity index (χ0v) is 14.9. The fraction of sp³-hybridized carbons (Fsp3) is 0.474. The van der Waals surface area contributed by atoms with E-state index in [0.29, 0.717) is 19.8 Å². The lowest BCUT2D eigenvalue weighted by Crippen LogP contribution is -2.38. The molecule has 134 valence electrons. The average Bonchev–Trinajstić information content (AvgIpc) is 3.01. The van der Waals surface area contributed by atoms with Crippen molar-refractivity contribution in [2.24, 2.45) is 7.05 Å². The number of nitrogens with zero attached hydrogens (tertiary/aromatic N) is 2. The highest BCUT2D eigenvalue weighted by Gasteiger charge is 2.24. The molecule has 2 amide bonds.